The first-order valence-corrected chi connectivity index (χ1v) is 3.74. The first-order valence-electron chi connectivity index (χ1n) is 3.74. The monoisotopic (exact) mass is 150 g/mol. The molecule has 1 aromatic heterocycles. The number of nitrogens with one attached hydrogen (secondary N) is 1. The van der Waals surface area contributed by atoms with Gasteiger partial charge in [-0.25, -0.2) is 4.79 Å². The van der Waals surface area contributed by atoms with E-state index in [4.69, 9.17) is 0 Å². The molecule has 11 heavy (non-hydrogen) atoms. The maximum Gasteiger partial charge on any atom is 0.325 e. The molecule has 0 unspecified atom stereocenters. The second kappa shape index (κ2) is 2.12. The smallest absolute Gasteiger partial charge is 0.325 e. The van der Waals surface area contributed by atoms with Crippen LogP contribution in [0.1, 0.15) is 11.4 Å². The van der Waals surface area contributed by atoms with Crippen LogP contribution in [0.5, 0.6) is 0 Å². The van der Waals surface area contributed by atoms with Gasteiger partial charge in [-0.05, 0) is 19.1 Å². The largest absolute Gasteiger partial charge is 0.337 e. The van der Waals surface area contributed by atoms with E-state index in [9.17, 15) is 4.79 Å². The molecule has 3 heteroatoms. The van der Waals surface area contributed by atoms with Crippen molar-refractivity contribution in [2.45, 2.75) is 13.3 Å². The molecular weight excluding hydrogens is 140 g/mol. The second-order valence-electron chi connectivity index (χ2n) is 2.78. The second-order valence-corrected chi connectivity index (χ2v) is 2.78. The van der Waals surface area contributed by atoms with E-state index in [1.165, 1.54) is 0 Å². The molecule has 1 aliphatic rings. The fourth-order valence-corrected chi connectivity index (χ4v) is 1.45. The average Bonchev–Trinajstić information content (AvgIpc) is 2.34. The number of fused-ring (bicyclic) bond motifs is 1. The number of aromatic nitrogens is 1. The van der Waals surface area contributed by atoms with E-state index in [-0.39, 0.29) is 6.03 Å². The zero-order valence-electron chi connectivity index (χ0n) is 6.42. The Balaban J connectivity index is 2.56. The molecule has 2 rings (SSSR count). The summed E-state index contributed by atoms with van der Waals surface area (Å²) in [4.78, 5) is 11.2. The van der Waals surface area contributed by atoms with Gasteiger partial charge in [0.05, 0.1) is 0 Å². The lowest BCUT2D eigenvalue weighted by atomic mass is 10.3. The number of aryl methyl sites for hydroxylation is 1. The van der Waals surface area contributed by atoms with Crippen LogP contribution in [0.25, 0.3) is 0 Å². The van der Waals surface area contributed by atoms with Crippen molar-refractivity contribution in [3.05, 3.63) is 23.5 Å². The van der Waals surface area contributed by atoms with E-state index in [1.54, 1.807) is 4.57 Å². The number of amides is 1. The van der Waals surface area contributed by atoms with Gasteiger partial charge >= 0.3 is 6.03 Å². The highest BCUT2D eigenvalue weighted by Gasteiger charge is 2.15. The zero-order chi connectivity index (χ0) is 7.84. The first-order chi connectivity index (χ1) is 5.29. The van der Waals surface area contributed by atoms with Gasteiger partial charge in [-0.2, -0.15) is 0 Å². The summed E-state index contributed by atoms with van der Waals surface area (Å²) in [6, 6.07) is 3.99. The zero-order valence-corrected chi connectivity index (χ0v) is 6.42. The van der Waals surface area contributed by atoms with E-state index in [0.717, 1.165) is 24.4 Å². The molecule has 0 aromatic carbocycles. The van der Waals surface area contributed by atoms with Crippen LogP contribution in [0.4, 0.5) is 4.79 Å². The third kappa shape index (κ3) is 0.843. The molecule has 1 aliphatic heterocycles. The van der Waals surface area contributed by atoms with Gasteiger partial charge in [-0.3, -0.25) is 4.57 Å². The standard InChI is InChI=1S/C8H10N2O/c1-6-2-3-7-4-5-9-8(11)10(6)7/h2-3H,4-5H2,1H3,(H,9,11). The van der Waals surface area contributed by atoms with Crippen molar-refractivity contribution in [3.63, 3.8) is 0 Å². The molecule has 0 saturated carbocycles. The fourth-order valence-electron chi connectivity index (χ4n) is 1.45. The molecule has 0 bridgehead atoms. The van der Waals surface area contributed by atoms with Crippen LogP contribution in [-0.2, 0) is 6.42 Å². The van der Waals surface area contributed by atoms with E-state index >= 15 is 0 Å². The van der Waals surface area contributed by atoms with Crippen LogP contribution >= 0.6 is 0 Å². The Bertz CT molecular complexity index is 301. The van der Waals surface area contributed by atoms with Gasteiger partial charge in [0, 0.05) is 24.4 Å². The van der Waals surface area contributed by atoms with Crippen LogP contribution < -0.4 is 5.32 Å². The third-order valence-electron chi connectivity index (χ3n) is 2.02. The Morgan fingerprint density at radius 3 is 3.09 bits per heavy atom. The van der Waals surface area contributed by atoms with Crippen LogP contribution in [-0.4, -0.2) is 17.1 Å². The normalized spacial score (nSPS) is 15.9. The molecule has 58 valence electrons. The van der Waals surface area contributed by atoms with Gasteiger partial charge in [-0.1, -0.05) is 0 Å². The van der Waals surface area contributed by atoms with Gasteiger partial charge in [0.25, 0.3) is 0 Å². The Morgan fingerprint density at radius 2 is 2.36 bits per heavy atom. The topological polar surface area (TPSA) is 34.0 Å². The number of carbonyl (C=O) groups excluding carboxylic acids is 1. The molecule has 0 atom stereocenters. The maximum absolute atomic E-state index is 11.2. The highest BCUT2D eigenvalue weighted by Crippen LogP contribution is 2.10. The van der Waals surface area contributed by atoms with E-state index in [2.05, 4.69) is 5.32 Å². The molecule has 0 radical (unpaired) electrons. The maximum atomic E-state index is 11.2. The summed E-state index contributed by atoms with van der Waals surface area (Å²) in [5.74, 6) is 0. The van der Waals surface area contributed by atoms with Gasteiger partial charge in [-0.15, -0.1) is 0 Å². The Hall–Kier alpha value is -1.25. The molecule has 2 heterocycles. The van der Waals surface area contributed by atoms with Crippen molar-refractivity contribution in [2.75, 3.05) is 6.54 Å². The van der Waals surface area contributed by atoms with Crippen molar-refractivity contribution in [2.24, 2.45) is 0 Å². The summed E-state index contributed by atoms with van der Waals surface area (Å²) in [5.41, 5.74) is 2.13. The average molecular weight is 150 g/mol. The molecule has 0 saturated heterocycles. The van der Waals surface area contributed by atoms with Gasteiger partial charge < -0.3 is 5.32 Å². The SMILES string of the molecule is Cc1ccc2n1C(=O)NCC2. The minimum absolute atomic E-state index is 0.00810. The number of hydrogen-bond acceptors (Lipinski definition) is 1. The van der Waals surface area contributed by atoms with Crippen molar-refractivity contribution in [1.29, 1.82) is 0 Å². The van der Waals surface area contributed by atoms with E-state index in [1.807, 2.05) is 19.1 Å². The third-order valence-corrected chi connectivity index (χ3v) is 2.02. The van der Waals surface area contributed by atoms with Crippen molar-refractivity contribution in [1.82, 2.24) is 9.88 Å². The minimum atomic E-state index is 0.00810. The predicted molar refractivity (Wildman–Crippen MR) is 41.7 cm³/mol. The lowest BCUT2D eigenvalue weighted by Gasteiger charge is -2.16. The summed E-state index contributed by atoms with van der Waals surface area (Å²) < 4.78 is 1.73. The highest BCUT2D eigenvalue weighted by atomic mass is 16.2. The van der Waals surface area contributed by atoms with Crippen molar-refractivity contribution in [3.8, 4) is 0 Å². The van der Waals surface area contributed by atoms with Crippen molar-refractivity contribution >= 4 is 6.03 Å². The van der Waals surface area contributed by atoms with Crippen molar-refractivity contribution < 1.29 is 4.79 Å². The molecule has 1 N–H and O–H groups in total. The van der Waals surface area contributed by atoms with Crippen LogP contribution in [0.3, 0.4) is 0 Å². The summed E-state index contributed by atoms with van der Waals surface area (Å²) in [5, 5.41) is 2.79. The summed E-state index contributed by atoms with van der Waals surface area (Å²) in [7, 11) is 0. The quantitative estimate of drug-likeness (QED) is 0.586. The highest BCUT2D eigenvalue weighted by molar-refractivity contribution is 5.79. The summed E-state index contributed by atoms with van der Waals surface area (Å²) in [6.45, 7) is 2.71. The molecule has 3 nitrogen and oxygen atoms in total. The number of hydrogen-bond donors (Lipinski definition) is 1. The molecule has 1 amide bonds. The number of nitrogens with zero attached hydrogens (tertiary/aromatic N) is 1. The van der Waals surface area contributed by atoms with Crippen LogP contribution in [0.2, 0.25) is 0 Å². The van der Waals surface area contributed by atoms with Gasteiger partial charge in [0.15, 0.2) is 0 Å². The van der Waals surface area contributed by atoms with Crippen LogP contribution in [0.15, 0.2) is 12.1 Å². The summed E-state index contributed by atoms with van der Waals surface area (Å²) >= 11 is 0. The molecule has 0 spiro atoms. The Kier molecular flexibility index (Phi) is 1.24. The summed E-state index contributed by atoms with van der Waals surface area (Å²) in [6.07, 6.45) is 0.944. The Labute approximate surface area is 65.0 Å². The minimum Gasteiger partial charge on any atom is -0.337 e. The molecular formula is C8H10N2O. The van der Waals surface area contributed by atoms with E-state index in [0.29, 0.717) is 0 Å². The Morgan fingerprint density at radius 1 is 1.55 bits per heavy atom. The fraction of sp³-hybridized carbons (Fsp3) is 0.375. The number of carbonyl (C=O) groups is 1. The molecule has 0 aliphatic carbocycles. The first kappa shape index (κ1) is 6.46. The van der Waals surface area contributed by atoms with Gasteiger partial charge in [0.1, 0.15) is 0 Å². The lowest BCUT2D eigenvalue weighted by Crippen LogP contribution is -2.36. The molecule has 1 aromatic rings. The lowest BCUT2D eigenvalue weighted by molar-refractivity contribution is 0.239. The predicted octanol–water partition coefficient (Wildman–Crippen LogP) is 0.910. The number of rotatable bonds is 0. The van der Waals surface area contributed by atoms with E-state index < -0.39 is 0 Å². The molecule has 0 fully saturated rings. The van der Waals surface area contributed by atoms with Gasteiger partial charge in [0.2, 0.25) is 0 Å². The van der Waals surface area contributed by atoms with Crippen LogP contribution in [0, 0.1) is 6.92 Å².